The molecule has 100 valence electrons. The zero-order valence-corrected chi connectivity index (χ0v) is 12.1. The van der Waals surface area contributed by atoms with Gasteiger partial charge in [0.2, 0.25) is 0 Å². The van der Waals surface area contributed by atoms with E-state index in [1.54, 1.807) is 0 Å². The number of Topliss-reactive ketones (excluding diaryl/α,β-unsaturated/α-hetero) is 1. The molecular weight excluding hydrogens is 270 g/mol. The standard InChI is InChI=1S/C13H18ClNO2S/c1-2-5-15-6-7-17-12(9-15)11(16)8-10-3-4-13(14)18-10/h3-4,12H,2,5-9H2,1H3. The van der Waals surface area contributed by atoms with E-state index >= 15 is 0 Å². The van der Waals surface area contributed by atoms with Crippen molar-refractivity contribution in [2.45, 2.75) is 25.9 Å². The smallest absolute Gasteiger partial charge is 0.168 e. The Bertz CT molecular complexity index is 405. The van der Waals surface area contributed by atoms with E-state index in [2.05, 4.69) is 11.8 Å². The van der Waals surface area contributed by atoms with E-state index in [4.69, 9.17) is 16.3 Å². The lowest BCUT2D eigenvalue weighted by molar-refractivity contribution is -0.135. The Morgan fingerprint density at radius 3 is 3.11 bits per heavy atom. The lowest BCUT2D eigenvalue weighted by atomic mass is 10.1. The van der Waals surface area contributed by atoms with E-state index in [-0.39, 0.29) is 11.9 Å². The maximum absolute atomic E-state index is 12.1. The highest BCUT2D eigenvalue weighted by Crippen LogP contribution is 2.22. The van der Waals surface area contributed by atoms with Gasteiger partial charge in [0.05, 0.1) is 10.9 Å². The molecule has 18 heavy (non-hydrogen) atoms. The Kier molecular flexibility index (Phi) is 5.18. The number of hydrogen-bond donors (Lipinski definition) is 0. The van der Waals surface area contributed by atoms with E-state index < -0.39 is 0 Å². The second-order valence-corrected chi connectivity index (χ2v) is 6.31. The molecule has 0 saturated carbocycles. The van der Waals surface area contributed by atoms with E-state index in [1.165, 1.54) is 11.3 Å². The van der Waals surface area contributed by atoms with Gasteiger partial charge in [-0.25, -0.2) is 0 Å². The Morgan fingerprint density at radius 2 is 2.44 bits per heavy atom. The van der Waals surface area contributed by atoms with Gasteiger partial charge >= 0.3 is 0 Å². The molecule has 0 N–H and O–H groups in total. The van der Waals surface area contributed by atoms with Gasteiger partial charge in [0.15, 0.2) is 5.78 Å². The van der Waals surface area contributed by atoms with Crippen LogP contribution in [0.5, 0.6) is 0 Å². The predicted octanol–water partition coefficient (Wildman–Crippen LogP) is 2.62. The van der Waals surface area contributed by atoms with Crippen molar-refractivity contribution in [1.29, 1.82) is 0 Å². The molecule has 2 rings (SSSR count). The fourth-order valence-electron chi connectivity index (χ4n) is 2.15. The molecule has 0 bridgehead atoms. The Hall–Kier alpha value is -0.420. The summed E-state index contributed by atoms with van der Waals surface area (Å²) in [5.74, 6) is 0.161. The summed E-state index contributed by atoms with van der Waals surface area (Å²) in [6, 6.07) is 3.75. The Labute approximate surface area is 117 Å². The van der Waals surface area contributed by atoms with Crippen LogP contribution >= 0.6 is 22.9 Å². The van der Waals surface area contributed by atoms with E-state index in [1.807, 2.05) is 12.1 Å². The second-order valence-electron chi connectivity index (χ2n) is 4.51. The number of rotatable bonds is 5. The van der Waals surface area contributed by atoms with Crippen molar-refractivity contribution in [2.75, 3.05) is 26.2 Å². The third kappa shape index (κ3) is 3.79. The maximum atomic E-state index is 12.1. The van der Waals surface area contributed by atoms with Crippen molar-refractivity contribution in [3.05, 3.63) is 21.3 Å². The largest absolute Gasteiger partial charge is 0.368 e. The van der Waals surface area contributed by atoms with Crippen LogP contribution < -0.4 is 0 Å². The third-order valence-electron chi connectivity index (χ3n) is 3.03. The fraction of sp³-hybridized carbons (Fsp3) is 0.615. The zero-order valence-electron chi connectivity index (χ0n) is 10.5. The first-order valence-corrected chi connectivity index (χ1v) is 7.49. The lowest BCUT2D eigenvalue weighted by Gasteiger charge is -2.31. The molecule has 3 nitrogen and oxygen atoms in total. The molecule has 5 heteroatoms. The van der Waals surface area contributed by atoms with Crippen LogP contribution in [0.4, 0.5) is 0 Å². The summed E-state index contributed by atoms with van der Waals surface area (Å²) in [5.41, 5.74) is 0. The number of ketones is 1. The second kappa shape index (κ2) is 6.66. The summed E-state index contributed by atoms with van der Waals surface area (Å²) < 4.78 is 6.31. The number of halogens is 1. The highest BCUT2D eigenvalue weighted by atomic mass is 35.5. The SMILES string of the molecule is CCCN1CCOC(C(=O)Cc2ccc(Cl)s2)C1. The molecular formula is C13H18ClNO2S. The van der Waals surface area contributed by atoms with Gasteiger partial charge in [-0.1, -0.05) is 18.5 Å². The van der Waals surface area contributed by atoms with E-state index in [9.17, 15) is 4.79 Å². The van der Waals surface area contributed by atoms with Gasteiger partial charge in [-0.3, -0.25) is 9.69 Å². The van der Waals surface area contributed by atoms with Crippen LogP contribution in [0.1, 0.15) is 18.2 Å². The highest BCUT2D eigenvalue weighted by molar-refractivity contribution is 7.16. The topological polar surface area (TPSA) is 29.5 Å². The molecule has 1 fully saturated rings. The summed E-state index contributed by atoms with van der Waals surface area (Å²) in [6.07, 6.45) is 1.27. The fourth-order valence-corrected chi connectivity index (χ4v) is 3.25. The molecule has 0 aromatic carbocycles. The summed E-state index contributed by atoms with van der Waals surface area (Å²) in [4.78, 5) is 15.5. The molecule has 0 aliphatic carbocycles. The molecule has 1 aromatic rings. The summed E-state index contributed by atoms with van der Waals surface area (Å²) in [5, 5.41) is 0. The molecule has 1 atom stereocenters. The minimum absolute atomic E-state index is 0.161. The number of nitrogens with zero attached hydrogens (tertiary/aromatic N) is 1. The van der Waals surface area contributed by atoms with Crippen LogP contribution in [-0.2, 0) is 16.0 Å². The van der Waals surface area contributed by atoms with Crippen LogP contribution in [0, 0.1) is 0 Å². The van der Waals surface area contributed by atoms with Gasteiger partial charge in [-0.15, -0.1) is 11.3 Å². The van der Waals surface area contributed by atoms with Crippen LogP contribution in [0.3, 0.4) is 0 Å². The minimum atomic E-state index is -0.272. The summed E-state index contributed by atoms with van der Waals surface area (Å²) >= 11 is 7.33. The van der Waals surface area contributed by atoms with Crippen molar-refractivity contribution in [2.24, 2.45) is 0 Å². The molecule has 2 heterocycles. The molecule has 0 radical (unpaired) electrons. The number of ether oxygens (including phenoxy) is 1. The van der Waals surface area contributed by atoms with Crippen molar-refractivity contribution in [1.82, 2.24) is 4.90 Å². The molecule has 1 aliphatic heterocycles. The van der Waals surface area contributed by atoms with Crippen LogP contribution in [0.25, 0.3) is 0 Å². The lowest BCUT2D eigenvalue weighted by Crippen LogP contribution is -2.46. The van der Waals surface area contributed by atoms with Crippen LogP contribution in [-0.4, -0.2) is 43.0 Å². The zero-order chi connectivity index (χ0) is 13.0. The van der Waals surface area contributed by atoms with Gasteiger partial charge in [-0.2, -0.15) is 0 Å². The average molecular weight is 288 g/mol. The quantitative estimate of drug-likeness (QED) is 0.834. The average Bonchev–Trinajstić information content (AvgIpc) is 2.75. The normalized spacial score (nSPS) is 21.1. The van der Waals surface area contributed by atoms with Gasteiger partial charge in [0.1, 0.15) is 6.10 Å². The van der Waals surface area contributed by atoms with Crippen molar-refractivity contribution in [3.8, 4) is 0 Å². The van der Waals surface area contributed by atoms with Crippen molar-refractivity contribution < 1.29 is 9.53 Å². The minimum Gasteiger partial charge on any atom is -0.368 e. The third-order valence-corrected chi connectivity index (χ3v) is 4.26. The number of thiophene rings is 1. The first-order chi connectivity index (χ1) is 8.69. The van der Waals surface area contributed by atoms with Crippen LogP contribution in [0.2, 0.25) is 4.34 Å². The summed E-state index contributed by atoms with van der Waals surface area (Å²) in [7, 11) is 0. The van der Waals surface area contributed by atoms with Gasteiger partial charge in [0, 0.05) is 24.4 Å². The Balaban J connectivity index is 1.88. The summed E-state index contributed by atoms with van der Waals surface area (Å²) in [6.45, 7) is 5.51. The molecule has 1 unspecified atom stereocenters. The van der Waals surface area contributed by atoms with E-state index in [0.717, 1.165) is 35.3 Å². The monoisotopic (exact) mass is 287 g/mol. The first kappa shape index (κ1) is 14.0. The molecule has 1 aromatic heterocycles. The first-order valence-electron chi connectivity index (χ1n) is 6.30. The Morgan fingerprint density at radius 1 is 1.61 bits per heavy atom. The number of hydrogen-bond acceptors (Lipinski definition) is 4. The van der Waals surface area contributed by atoms with Crippen molar-refractivity contribution >= 4 is 28.7 Å². The van der Waals surface area contributed by atoms with Gasteiger partial charge in [-0.05, 0) is 25.1 Å². The number of carbonyl (C=O) groups excluding carboxylic acids is 1. The van der Waals surface area contributed by atoms with E-state index in [0.29, 0.717) is 13.0 Å². The molecule has 0 amide bonds. The maximum Gasteiger partial charge on any atom is 0.168 e. The predicted molar refractivity (Wildman–Crippen MR) is 74.5 cm³/mol. The number of morpholine rings is 1. The van der Waals surface area contributed by atoms with Crippen LogP contribution in [0.15, 0.2) is 12.1 Å². The van der Waals surface area contributed by atoms with Gasteiger partial charge < -0.3 is 4.74 Å². The molecule has 1 aliphatic rings. The molecule has 1 saturated heterocycles. The molecule has 0 spiro atoms. The van der Waals surface area contributed by atoms with Gasteiger partial charge in [0.25, 0.3) is 0 Å². The van der Waals surface area contributed by atoms with Crippen molar-refractivity contribution in [3.63, 3.8) is 0 Å². The number of carbonyl (C=O) groups is 1. The highest BCUT2D eigenvalue weighted by Gasteiger charge is 2.26.